The highest BCUT2D eigenvalue weighted by Crippen LogP contribution is 2.34. The van der Waals surface area contributed by atoms with E-state index in [1.807, 2.05) is 42.5 Å². The van der Waals surface area contributed by atoms with Gasteiger partial charge in [0, 0.05) is 25.6 Å². The summed E-state index contributed by atoms with van der Waals surface area (Å²) in [5, 5.41) is 3.05. The molecule has 220 valence electrons. The molecule has 42 heavy (non-hydrogen) atoms. The van der Waals surface area contributed by atoms with E-state index < -0.39 is 12.1 Å². The van der Waals surface area contributed by atoms with Crippen molar-refractivity contribution in [1.82, 2.24) is 20.1 Å². The lowest BCUT2D eigenvalue weighted by molar-refractivity contribution is -0.137. The van der Waals surface area contributed by atoms with Crippen LogP contribution in [0.25, 0.3) is 0 Å². The van der Waals surface area contributed by atoms with E-state index in [-0.39, 0.29) is 62.1 Å². The summed E-state index contributed by atoms with van der Waals surface area (Å²) >= 11 is 0. The van der Waals surface area contributed by atoms with Crippen molar-refractivity contribution in [2.45, 2.75) is 57.4 Å². The fraction of sp³-hybridized carbons (Fsp3) is 0.419. The highest BCUT2D eigenvalue weighted by Gasteiger charge is 2.40. The summed E-state index contributed by atoms with van der Waals surface area (Å²) in [5.41, 5.74) is 2.04. The van der Waals surface area contributed by atoms with E-state index in [0.29, 0.717) is 29.4 Å². The molecule has 2 aromatic carbocycles. The van der Waals surface area contributed by atoms with Crippen molar-refractivity contribution in [3.8, 4) is 17.2 Å². The molecule has 3 aliphatic heterocycles. The maximum Gasteiger partial charge on any atom is 0.276 e. The van der Waals surface area contributed by atoms with Gasteiger partial charge in [-0.25, -0.2) is 4.98 Å². The number of hydrogen-bond acceptors (Lipinski definition) is 8. The molecule has 4 heterocycles. The van der Waals surface area contributed by atoms with Gasteiger partial charge >= 0.3 is 0 Å². The number of rotatable bonds is 3. The number of carbonyl (C=O) groups excluding carboxylic acids is 3. The molecular formula is C31H34N4O7. The van der Waals surface area contributed by atoms with Crippen LogP contribution < -0.4 is 14.8 Å². The minimum atomic E-state index is -0.478. The standard InChI is InChI=1S/C31H34N4O7/c1-19-30(32-18-41-19)31(38)34-14-24-27(15-34)40-17-21-4-3-5-23(12-21)42-25-10-6-20(13-26(25)39-2)7-11-29(37)35(22-8-9-22)16-28(36)33-24/h3-6,10,12-13,18,22,24,27H,7-9,11,14-17H2,1-2H3,(H,33,36)/t24-,27-/m0/s1. The summed E-state index contributed by atoms with van der Waals surface area (Å²) < 4.78 is 23.3. The summed E-state index contributed by atoms with van der Waals surface area (Å²) in [5.74, 6) is 1.54. The van der Waals surface area contributed by atoms with Crippen molar-refractivity contribution in [1.29, 1.82) is 0 Å². The molecule has 3 aromatic rings. The van der Waals surface area contributed by atoms with Crippen LogP contribution >= 0.6 is 0 Å². The Bertz CT molecular complexity index is 1480. The van der Waals surface area contributed by atoms with Gasteiger partial charge in [0.2, 0.25) is 11.8 Å². The highest BCUT2D eigenvalue weighted by molar-refractivity contribution is 5.93. The summed E-state index contributed by atoms with van der Waals surface area (Å²) in [6.07, 6.45) is 3.30. The van der Waals surface area contributed by atoms with Crippen LogP contribution in [0.5, 0.6) is 17.2 Å². The van der Waals surface area contributed by atoms with Crippen LogP contribution in [0.15, 0.2) is 53.3 Å². The van der Waals surface area contributed by atoms with Gasteiger partial charge < -0.3 is 33.7 Å². The molecule has 11 nitrogen and oxygen atoms in total. The fourth-order valence-electron chi connectivity index (χ4n) is 5.50. The molecule has 4 bridgehead atoms. The van der Waals surface area contributed by atoms with Crippen LogP contribution in [0.2, 0.25) is 0 Å². The van der Waals surface area contributed by atoms with Crippen LogP contribution in [0.1, 0.15) is 46.6 Å². The Labute approximate surface area is 243 Å². The lowest BCUT2D eigenvalue weighted by Crippen LogP contribution is -2.49. The summed E-state index contributed by atoms with van der Waals surface area (Å²) in [7, 11) is 1.58. The van der Waals surface area contributed by atoms with Crippen LogP contribution in [0.4, 0.5) is 0 Å². The Kier molecular flexibility index (Phi) is 7.84. The molecule has 1 saturated heterocycles. The van der Waals surface area contributed by atoms with Gasteiger partial charge in [0.25, 0.3) is 5.91 Å². The van der Waals surface area contributed by atoms with Gasteiger partial charge in [-0.05, 0) is 61.6 Å². The molecule has 2 atom stereocenters. The zero-order valence-corrected chi connectivity index (χ0v) is 23.7. The molecular weight excluding hydrogens is 540 g/mol. The minimum Gasteiger partial charge on any atom is -0.493 e. The average Bonchev–Trinajstić information content (AvgIpc) is 3.62. The van der Waals surface area contributed by atoms with Crippen LogP contribution in [0.3, 0.4) is 0 Å². The van der Waals surface area contributed by atoms with Crippen molar-refractivity contribution >= 4 is 17.7 Å². The van der Waals surface area contributed by atoms with Crippen molar-refractivity contribution < 1.29 is 33.0 Å². The largest absolute Gasteiger partial charge is 0.493 e. The number of amides is 3. The van der Waals surface area contributed by atoms with Crippen molar-refractivity contribution in [2.24, 2.45) is 0 Å². The van der Waals surface area contributed by atoms with E-state index in [1.165, 1.54) is 6.39 Å². The van der Waals surface area contributed by atoms with Crippen molar-refractivity contribution in [3.05, 3.63) is 71.4 Å². The van der Waals surface area contributed by atoms with Gasteiger partial charge in [0.15, 0.2) is 23.6 Å². The van der Waals surface area contributed by atoms with Crippen LogP contribution in [-0.4, -0.2) is 77.4 Å². The third-order valence-corrected chi connectivity index (χ3v) is 7.91. The first kappa shape index (κ1) is 27.8. The van der Waals surface area contributed by atoms with E-state index in [4.69, 9.17) is 18.6 Å². The lowest BCUT2D eigenvalue weighted by Gasteiger charge is -2.25. The number of fused-ring (bicyclic) bond motifs is 9. The van der Waals surface area contributed by atoms with E-state index >= 15 is 0 Å². The van der Waals surface area contributed by atoms with Gasteiger partial charge in [0.1, 0.15) is 11.5 Å². The normalized spacial score (nSPS) is 21.6. The molecule has 7 rings (SSSR count). The molecule has 1 aliphatic carbocycles. The first-order valence-corrected chi connectivity index (χ1v) is 14.2. The maximum atomic E-state index is 13.3. The Hall–Kier alpha value is -4.38. The zero-order valence-electron chi connectivity index (χ0n) is 23.7. The topological polar surface area (TPSA) is 123 Å². The smallest absolute Gasteiger partial charge is 0.276 e. The number of methoxy groups -OCH3 is 1. The summed E-state index contributed by atoms with van der Waals surface area (Å²) in [6, 6.07) is 12.8. The quantitative estimate of drug-likeness (QED) is 0.506. The van der Waals surface area contributed by atoms with Crippen LogP contribution in [0, 0.1) is 6.92 Å². The number of hydrogen-bond donors (Lipinski definition) is 1. The number of likely N-dealkylation sites (tertiary alicyclic amines) is 1. The van der Waals surface area contributed by atoms with Gasteiger partial charge in [-0.2, -0.15) is 0 Å². The second-order valence-electron chi connectivity index (χ2n) is 11.0. The van der Waals surface area contributed by atoms with E-state index in [1.54, 1.807) is 23.8 Å². The third kappa shape index (κ3) is 6.11. The molecule has 1 saturated carbocycles. The highest BCUT2D eigenvalue weighted by atomic mass is 16.5. The molecule has 0 unspecified atom stereocenters. The van der Waals surface area contributed by atoms with Gasteiger partial charge in [-0.3, -0.25) is 14.4 Å². The predicted octanol–water partition coefficient (Wildman–Crippen LogP) is 3.25. The number of nitrogens with zero attached hydrogens (tertiary/aromatic N) is 3. The number of aryl methyl sites for hydroxylation is 2. The first-order valence-electron chi connectivity index (χ1n) is 14.2. The summed E-state index contributed by atoms with van der Waals surface area (Å²) in [6.45, 7) is 2.39. The fourth-order valence-corrected chi connectivity index (χ4v) is 5.50. The van der Waals surface area contributed by atoms with E-state index in [9.17, 15) is 14.4 Å². The molecule has 1 aromatic heterocycles. The number of benzene rings is 2. The molecule has 0 spiro atoms. The second kappa shape index (κ2) is 11.8. The number of oxazole rings is 1. The van der Waals surface area contributed by atoms with E-state index in [0.717, 1.165) is 24.0 Å². The van der Waals surface area contributed by atoms with Gasteiger partial charge in [-0.1, -0.05) is 18.2 Å². The number of carbonyl (C=O) groups is 3. The molecule has 3 amide bonds. The molecule has 4 aliphatic rings. The lowest BCUT2D eigenvalue weighted by atomic mass is 10.1. The Morgan fingerprint density at radius 3 is 2.69 bits per heavy atom. The Morgan fingerprint density at radius 1 is 1.07 bits per heavy atom. The third-order valence-electron chi connectivity index (χ3n) is 7.91. The molecule has 0 radical (unpaired) electrons. The monoisotopic (exact) mass is 574 g/mol. The SMILES string of the molecule is COc1cc2ccc1Oc1cccc(c1)CO[C@H]1CN(C(=O)c3ncoc3C)C[C@@H]1NC(=O)CN(C1CC1)C(=O)CC2. The van der Waals surface area contributed by atoms with Gasteiger partial charge in [0.05, 0.1) is 32.4 Å². The minimum absolute atomic E-state index is 0.0405. The Morgan fingerprint density at radius 2 is 1.93 bits per heavy atom. The Balaban J connectivity index is 1.28. The maximum absolute atomic E-state index is 13.3. The number of nitrogens with one attached hydrogen (secondary N) is 1. The van der Waals surface area contributed by atoms with Crippen LogP contribution in [-0.2, 0) is 27.4 Å². The summed E-state index contributed by atoms with van der Waals surface area (Å²) in [4.78, 5) is 47.2. The second-order valence-corrected chi connectivity index (χ2v) is 11.0. The number of ether oxygens (including phenoxy) is 3. The van der Waals surface area contributed by atoms with Gasteiger partial charge in [-0.15, -0.1) is 0 Å². The molecule has 2 fully saturated rings. The van der Waals surface area contributed by atoms with Crippen molar-refractivity contribution in [3.63, 3.8) is 0 Å². The number of aromatic nitrogens is 1. The molecule has 1 N–H and O–H groups in total. The molecule has 11 heteroatoms. The first-order chi connectivity index (χ1) is 20.4. The van der Waals surface area contributed by atoms with Crippen molar-refractivity contribution in [2.75, 3.05) is 26.7 Å². The zero-order chi connectivity index (χ0) is 29.2. The predicted molar refractivity (Wildman–Crippen MR) is 150 cm³/mol. The average molecular weight is 575 g/mol. The van der Waals surface area contributed by atoms with E-state index in [2.05, 4.69) is 10.3 Å².